The molecule has 0 saturated heterocycles. The SMILES string of the molecule is Cn1cc2c3cc(C(=O)NCc4ncccc4F)ccc3n(-c3ccc(C(F)(F)F)cc3)c2n1. The molecular formula is C24H17F4N5O. The molecular weight excluding hydrogens is 450 g/mol. The fraction of sp³-hybridized carbons (Fsp3) is 0.125. The Morgan fingerprint density at radius 3 is 2.53 bits per heavy atom. The lowest BCUT2D eigenvalue weighted by Crippen LogP contribution is -2.23. The van der Waals surface area contributed by atoms with Crippen LogP contribution in [0.25, 0.3) is 27.6 Å². The minimum Gasteiger partial charge on any atom is -0.346 e. The van der Waals surface area contributed by atoms with Gasteiger partial charge in [-0.05, 0) is 54.6 Å². The van der Waals surface area contributed by atoms with Crippen LogP contribution in [0.3, 0.4) is 0 Å². The summed E-state index contributed by atoms with van der Waals surface area (Å²) >= 11 is 0. The molecule has 0 fully saturated rings. The van der Waals surface area contributed by atoms with Gasteiger partial charge in [-0.25, -0.2) is 4.39 Å². The van der Waals surface area contributed by atoms with Crippen LogP contribution >= 0.6 is 0 Å². The first-order valence-corrected chi connectivity index (χ1v) is 10.3. The number of nitrogens with one attached hydrogen (secondary N) is 1. The lowest BCUT2D eigenvalue weighted by atomic mass is 10.1. The first-order chi connectivity index (χ1) is 16.2. The molecule has 0 radical (unpaired) electrons. The maximum absolute atomic E-state index is 13.8. The highest BCUT2D eigenvalue weighted by atomic mass is 19.4. The van der Waals surface area contributed by atoms with Crippen LogP contribution in [0.5, 0.6) is 0 Å². The molecule has 0 aliphatic heterocycles. The fourth-order valence-electron chi connectivity index (χ4n) is 3.91. The van der Waals surface area contributed by atoms with Gasteiger partial charge in [0.2, 0.25) is 0 Å². The number of alkyl halides is 3. The van der Waals surface area contributed by atoms with Gasteiger partial charge in [0.05, 0.1) is 23.3 Å². The Balaban J connectivity index is 1.54. The third-order valence-electron chi connectivity index (χ3n) is 5.51. The quantitative estimate of drug-likeness (QED) is 0.379. The van der Waals surface area contributed by atoms with Gasteiger partial charge in [0.1, 0.15) is 5.82 Å². The third-order valence-corrected chi connectivity index (χ3v) is 5.51. The van der Waals surface area contributed by atoms with Crippen LogP contribution in [-0.2, 0) is 19.8 Å². The van der Waals surface area contributed by atoms with E-state index in [-0.39, 0.29) is 12.2 Å². The lowest BCUT2D eigenvalue weighted by molar-refractivity contribution is -0.137. The summed E-state index contributed by atoms with van der Waals surface area (Å²) in [5, 5.41) is 8.57. The zero-order valence-electron chi connectivity index (χ0n) is 17.8. The van der Waals surface area contributed by atoms with Crippen molar-refractivity contribution in [1.82, 2.24) is 24.6 Å². The summed E-state index contributed by atoms with van der Waals surface area (Å²) in [4.78, 5) is 16.6. The highest BCUT2D eigenvalue weighted by Gasteiger charge is 2.30. The van der Waals surface area contributed by atoms with E-state index in [4.69, 9.17) is 0 Å². The van der Waals surface area contributed by atoms with Crippen molar-refractivity contribution in [2.24, 2.45) is 7.05 Å². The van der Waals surface area contributed by atoms with E-state index in [1.807, 2.05) is 0 Å². The Bertz CT molecular complexity index is 1530. The molecule has 172 valence electrons. The van der Waals surface area contributed by atoms with E-state index in [1.165, 1.54) is 30.5 Å². The molecule has 10 heteroatoms. The van der Waals surface area contributed by atoms with Gasteiger partial charge in [0, 0.05) is 41.5 Å². The van der Waals surface area contributed by atoms with Crippen molar-refractivity contribution < 1.29 is 22.4 Å². The van der Waals surface area contributed by atoms with Crippen molar-refractivity contribution in [2.45, 2.75) is 12.7 Å². The number of amides is 1. The van der Waals surface area contributed by atoms with Gasteiger partial charge in [-0.15, -0.1) is 0 Å². The standard InChI is InChI=1S/C24H17F4N5O/c1-32-13-18-17-11-14(23(34)30-12-20-19(25)3-2-10-29-20)4-9-21(17)33(22(18)31-32)16-7-5-15(6-8-16)24(26,27)28/h2-11,13H,12H2,1H3,(H,30,34). The van der Waals surface area contributed by atoms with E-state index in [0.29, 0.717) is 27.8 Å². The van der Waals surface area contributed by atoms with Gasteiger partial charge in [0.15, 0.2) is 5.65 Å². The minimum absolute atomic E-state index is 0.0710. The second-order valence-corrected chi connectivity index (χ2v) is 7.77. The number of hydrogen-bond donors (Lipinski definition) is 1. The molecule has 0 aliphatic carbocycles. The molecule has 3 aromatic heterocycles. The van der Waals surface area contributed by atoms with Gasteiger partial charge < -0.3 is 5.32 Å². The van der Waals surface area contributed by atoms with Crippen molar-refractivity contribution >= 4 is 27.8 Å². The number of fused-ring (bicyclic) bond motifs is 3. The number of rotatable bonds is 4. The number of nitrogens with zero attached hydrogens (tertiary/aromatic N) is 4. The largest absolute Gasteiger partial charge is 0.416 e. The van der Waals surface area contributed by atoms with Crippen LogP contribution < -0.4 is 5.32 Å². The molecule has 1 amide bonds. The molecule has 0 aliphatic rings. The lowest BCUT2D eigenvalue weighted by Gasteiger charge is -2.10. The van der Waals surface area contributed by atoms with Crippen LogP contribution in [0.2, 0.25) is 0 Å². The molecule has 0 bridgehead atoms. The number of aromatic nitrogens is 4. The van der Waals surface area contributed by atoms with Crippen molar-refractivity contribution in [2.75, 3.05) is 0 Å². The van der Waals surface area contributed by atoms with Crippen LogP contribution in [0, 0.1) is 5.82 Å². The summed E-state index contributed by atoms with van der Waals surface area (Å²) in [7, 11) is 1.74. The smallest absolute Gasteiger partial charge is 0.346 e. The monoisotopic (exact) mass is 467 g/mol. The van der Waals surface area contributed by atoms with Gasteiger partial charge in [-0.2, -0.15) is 18.3 Å². The van der Waals surface area contributed by atoms with E-state index in [2.05, 4.69) is 15.4 Å². The average molecular weight is 467 g/mol. The van der Waals surface area contributed by atoms with E-state index >= 15 is 0 Å². The second kappa shape index (κ2) is 7.98. The maximum atomic E-state index is 13.8. The highest BCUT2D eigenvalue weighted by Crippen LogP contribution is 2.34. The van der Waals surface area contributed by atoms with Crippen LogP contribution in [0.1, 0.15) is 21.6 Å². The van der Waals surface area contributed by atoms with E-state index in [9.17, 15) is 22.4 Å². The highest BCUT2D eigenvalue weighted by molar-refractivity contribution is 6.10. The first kappa shape index (κ1) is 21.6. The Kier molecular flexibility index (Phi) is 5.07. The number of aryl methyl sites for hydroxylation is 1. The Morgan fingerprint density at radius 2 is 1.82 bits per heavy atom. The number of carbonyl (C=O) groups is 1. The number of pyridine rings is 1. The predicted octanol–water partition coefficient (Wildman–Crippen LogP) is 5.00. The summed E-state index contributed by atoms with van der Waals surface area (Å²) < 4.78 is 56.1. The van der Waals surface area contributed by atoms with Crippen molar-refractivity contribution in [3.05, 3.63) is 89.6 Å². The summed E-state index contributed by atoms with van der Waals surface area (Å²) in [6.45, 7) is -0.0710. The Hall–Kier alpha value is -4.21. The van der Waals surface area contributed by atoms with E-state index in [1.54, 1.807) is 40.7 Å². The molecule has 0 atom stereocenters. The molecule has 1 N–H and O–H groups in total. The second-order valence-electron chi connectivity index (χ2n) is 7.77. The summed E-state index contributed by atoms with van der Waals surface area (Å²) in [6, 6.07) is 12.6. The molecule has 0 saturated carbocycles. The predicted molar refractivity (Wildman–Crippen MR) is 118 cm³/mol. The van der Waals surface area contributed by atoms with E-state index < -0.39 is 23.5 Å². The number of carbonyl (C=O) groups excluding carboxylic acids is 1. The van der Waals surface area contributed by atoms with Crippen LogP contribution in [0.15, 0.2) is 67.0 Å². The van der Waals surface area contributed by atoms with Crippen LogP contribution in [-0.4, -0.2) is 25.2 Å². The van der Waals surface area contributed by atoms with Crippen LogP contribution in [0.4, 0.5) is 17.6 Å². The van der Waals surface area contributed by atoms with Crippen molar-refractivity contribution in [1.29, 1.82) is 0 Å². The molecule has 5 rings (SSSR count). The van der Waals surface area contributed by atoms with Crippen molar-refractivity contribution in [3.63, 3.8) is 0 Å². The summed E-state index contributed by atoms with van der Waals surface area (Å²) in [5.41, 5.74) is 1.47. The first-order valence-electron chi connectivity index (χ1n) is 10.3. The van der Waals surface area contributed by atoms with Gasteiger partial charge in [-0.3, -0.25) is 19.0 Å². The number of benzene rings is 2. The van der Waals surface area contributed by atoms with Gasteiger partial charge in [0.25, 0.3) is 5.91 Å². The molecule has 5 aromatic rings. The van der Waals surface area contributed by atoms with Gasteiger partial charge >= 0.3 is 6.18 Å². The summed E-state index contributed by atoms with van der Waals surface area (Å²) in [5.74, 6) is -0.921. The maximum Gasteiger partial charge on any atom is 0.416 e. The molecule has 0 spiro atoms. The number of hydrogen-bond acceptors (Lipinski definition) is 3. The third kappa shape index (κ3) is 3.76. The number of halogens is 4. The molecule has 2 aromatic carbocycles. The summed E-state index contributed by atoms with van der Waals surface area (Å²) in [6.07, 6.45) is -1.21. The molecule has 3 heterocycles. The zero-order valence-corrected chi connectivity index (χ0v) is 17.8. The minimum atomic E-state index is -4.43. The van der Waals surface area contributed by atoms with Gasteiger partial charge in [-0.1, -0.05) is 0 Å². The topological polar surface area (TPSA) is 64.7 Å². The Labute approximate surface area is 190 Å². The fourth-order valence-corrected chi connectivity index (χ4v) is 3.91. The normalized spacial score (nSPS) is 11.9. The molecule has 6 nitrogen and oxygen atoms in total. The molecule has 34 heavy (non-hydrogen) atoms. The molecule has 0 unspecified atom stereocenters. The zero-order chi connectivity index (χ0) is 24.0. The van der Waals surface area contributed by atoms with Crippen molar-refractivity contribution in [3.8, 4) is 5.69 Å². The Morgan fingerprint density at radius 1 is 1.06 bits per heavy atom. The average Bonchev–Trinajstić information content (AvgIpc) is 3.32. The van der Waals surface area contributed by atoms with E-state index in [0.717, 1.165) is 17.5 Å².